The number of likely N-dealkylation sites (tertiary alicyclic amines) is 1. The Balaban J connectivity index is 2.10. The average molecular weight is 300 g/mol. The molecule has 1 aromatic rings. The molecule has 0 aliphatic carbocycles. The largest absolute Gasteiger partial charge is 0.380 e. The normalized spacial score (nSPS) is 18.1. The number of piperidine rings is 1. The standard InChI is InChI=1S/C14H21FN2O2S/c1-3-17-8-6-11(7-9-17)16-14-10-12(20(2,18)19)4-5-13(14)15/h4-5,10-11,16H,3,6-9H2,1-2H3. The summed E-state index contributed by atoms with van der Waals surface area (Å²) in [7, 11) is -3.31. The molecule has 0 spiro atoms. The molecule has 2 rings (SSSR count). The Morgan fingerprint density at radius 2 is 2.00 bits per heavy atom. The number of anilines is 1. The van der Waals surface area contributed by atoms with Gasteiger partial charge in [0, 0.05) is 25.4 Å². The molecule has 0 saturated carbocycles. The molecule has 0 amide bonds. The Labute approximate surface area is 119 Å². The minimum Gasteiger partial charge on any atom is -0.380 e. The van der Waals surface area contributed by atoms with Crippen LogP contribution in [0.5, 0.6) is 0 Å². The van der Waals surface area contributed by atoms with Gasteiger partial charge in [-0.1, -0.05) is 6.92 Å². The van der Waals surface area contributed by atoms with Gasteiger partial charge in [-0.15, -0.1) is 0 Å². The lowest BCUT2D eigenvalue weighted by molar-refractivity contribution is 0.229. The van der Waals surface area contributed by atoms with E-state index in [-0.39, 0.29) is 16.6 Å². The third-order valence-corrected chi connectivity index (χ3v) is 4.87. The maximum absolute atomic E-state index is 13.8. The number of sulfone groups is 1. The fourth-order valence-corrected chi connectivity index (χ4v) is 3.11. The van der Waals surface area contributed by atoms with Gasteiger partial charge in [-0.3, -0.25) is 0 Å². The zero-order chi connectivity index (χ0) is 14.8. The van der Waals surface area contributed by atoms with Crippen LogP contribution in [0.4, 0.5) is 10.1 Å². The van der Waals surface area contributed by atoms with Crippen LogP contribution < -0.4 is 5.32 Å². The molecule has 1 heterocycles. The molecule has 0 atom stereocenters. The predicted molar refractivity (Wildman–Crippen MR) is 78.3 cm³/mol. The minimum absolute atomic E-state index is 0.146. The molecule has 112 valence electrons. The summed E-state index contributed by atoms with van der Waals surface area (Å²) in [6, 6.07) is 4.09. The summed E-state index contributed by atoms with van der Waals surface area (Å²) in [5.41, 5.74) is 0.280. The van der Waals surface area contributed by atoms with Crippen molar-refractivity contribution in [3.05, 3.63) is 24.0 Å². The summed E-state index contributed by atoms with van der Waals surface area (Å²) in [5.74, 6) is -0.407. The molecule has 1 aliphatic heterocycles. The fraction of sp³-hybridized carbons (Fsp3) is 0.571. The molecule has 1 fully saturated rings. The van der Waals surface area contributed by atoms with Gasteiger partial charge in [0.2, 0.25) is 0 Å². The molecule has 20 heavy (non-hydrogen) atoms. The molecule has 0 unspecified atom stereocenters. The summed E-state index contributed by atoms with van der Waals surface area (Å²) in [5, 5.41) is 3.14. The van der Waals surface area contributed by atoms with Gasteiger partial charge in [0.1, 0.15) is 5.82 Å². The number of nitrogens with zero attached hydrogens (tertiary/aromatic N) is 1. The van der Waals surface area contributed by atoms with E-state index in [0.29, 0.717) is 0 Å². The van der Waals surface area contributed by atoms with Gasteiger partial charge in [0.05, 0.1) is 10.6 Å². The van der Waals surface area contributed by atoms with E-state index in [2.05, 4.69) is 17.1 Å². The molecule has 6 heteroatoms. The van der Waals surface area contributed by atoms with Gasteiger partial charge >= 0.3 is 0 Å². The summed E-state index contributed by atoms with van der Waals surface area (Å²) in [4.78, 5) is 2.49. The van der Waals surface area contributed by atoms with Crippen LogP contribution in [-0.2, 0) is 9.84 Å². The summed E-state index contributed by atoms with van der Waals surface area (Å²) in [6.07, 6.45) is 3.01. The van der Waals surface area contributed by atoms with Crippen LogP contribution >= 0.6 is 0 Å². The van der Waals surface area contributed by atoms with Gasteiger partial charge in [-0.25, -0.2) is 12.8 Å². The highest BCUT2D eigenvalue weighted by molar-refractivity contribution is 7.90. The number of nitrogens with one attached hydrogen (secondary N) is 1. The highest BCUT2D eigenvalue weighted by Crippen LogP contribution is 2.22. The molecule has 0 aromatic heterocycles. The Morgan fingerprint density at radius 1 is 1.35 bits per heavy atom. The highest BCUT2D eigenvalue weighted by Gasteiger charge is 2.19. The lowest BCUT2D eigenvalue weighted by Gasteiger charge is -2.32. The smallest absolute Gasteiger partial charge is 0.175 e. The Kier molecular flexibility index (Phi) is 4.65. The van der Waals surface area contributed by atoms with E-state index in [1.165, 1.54) is 18.2 Å². The number of halogens is 1. The maximum Gasteiger partial charge on any atom is 0.175 e. The maximum atomic E-state index is 13.8. The van der Waals surface area contributed by atoms with E-state index in [0.717, 1.165) is 38.7 Å². The van der Waals surface area contributed by atoms with Crippen molar-refractivity contribution in [3.63, 3.8) is 0 Å². The van der Waals surface area contributed by atoms with E-state index in [9.17, 15) is 12.8 Å². The fourth-order valence-electron chi connectivity index (χ4n) is 2.46. The molecule has 1 aliphatic rings. The highest BCUT2D eigenvalue weighted by atomic mass is 32.2. The third-order valence-electron chi connectivity index (χ3n) is 3.76. The van der Waals surface area contributed by atoms with Crippen molar-refractivity contribution in [2.75, 3.05) is 31.2 Å². The number of benzene rings is 1. The predicted octanol–water partition coefficient (Wildman–Crippen LogP) is 2.13. The second-order valence-corrected chi connectivity index (χ2v) is 7.28. The SMILES string of the molecule is CCN1CCC(Nc2cc(S(C)(=O)=O)ccc2F)CC1. The Bertz CT molecular complexity index is 567. The first-order valence-corrected chi connectivity index (χ1v) is 8.78. The number of hydrogen-bond acceptors (Lipinski definition) is 4. The van der Waals surface area contributed by atoms with Crippen molar-refractivity contribution < 1.29 is 12.8 Å². The molecule has 1 aromatic carbocycles. The van der Waals surface area contributed by atoms with Gasteiger partial charge in [0.25, 0.3) is 0 Å². The van der Waals surface area contributed by atoms with Crippen LogP contribution in [0.1, 0.15) is 19.8 Å². The monoisotopic (exact) mass is 300 g/mol. The van der Waals surface area contributed by atoms with Crippen LogP contribution in [0.2, 0.25) is 0 Å². The van der Waals surface area contributed by atoms with Crippen LogP contribution in [-0.4, -0.2) is 45.2 Å². The second kappa shape index (κ2) is 6.10. The topological polar surface area (TPSA) is 49.4 Å². The first-order chi connectivity index (χ1) is 9.40. The lowest BCUT2D eigenvalue weighted by Crippen LogP contribution is -2.39. The van der Waals surface area contributed by atoms with E-state index >= 15 is 0 Å². The molecule has 0 radical (unpaired) electrons. The third kappa shape index (κ3) is 3.70. The van der Waals surface area contributed by atoms with Gasteiger partial charge in [-0.2, -0.15) is 0 Å². The Hall–Kier alpha value is -1.14. The first kappa shape index (κ1) is 15.3. The molecule has 1 N–H and O–H groups in total. The van der Waals surface area contributed by atoms with Crippen molar-refractivity contribution in [2.45, 2.75) is 30.7 Å². The summed E-state index contributed by atoms with van der Waals surface area (Å²) < 4.78 is 36.8. The van der Waals surface area contributed by atoms with E-state index in [4.69, 9.17) is 0 Å². The van der Waals surface area contributed by atoms with Crippen LogP contribution in [0, 0.1) is 5.82 Å². The van der Waals surface area contributed by atoms with Crippen LogP contribution in [0.15, 0.2) is 23.1 Å². The van der Waals surface area contributed by atoms with Crippen molar-refractivity contribution in [1.29, 1.82) is 0 Å². The Morgan fingerprint density at radius 3 is 2.55 bits per heavy atom. The average Bonchev–Trinajstić information content (AvgIpc) is 2.41. The van der Waals surface area contributed by atoms with Gasteiger partial charge in [-0.05, 0) is 37.6 Å². The van der Waals surface area contributed by atoms with E-state index in [1.54, 1.807) is 0 Å². The number of rotatable bonds is 4. The quantitative estimate of drug-likeness (QED) is 0.866. The van der Waals surface area contributed by atoms with E-state index in [1.807, 2.05) is 0 Å². The molecule has 0 bridgehead atoms. The molecule has 4 nitrogen and oxygen atoms in total. The number of hydrogen-bond donors (Lipinski definition) is 1. The van der Waals surface area contributed by atoms with Crippen LogP contribution in [0.3, 0.4) is 0 Å². The zero-order valence-electron chi connectivity index (χ0n) is 11.9. The molecular formula is C14H21FN2O2S. The van der Waals surface area contributed by atoms with Gasteiger partial charge < -0.3 is 10.2 Å². The molecular weight excluding hydrogens is 279 g/mol. The summed E-state index contributed by atoms with van der Waals surface area (Å²) >= 11 is 0. The van der Waals surface area contributed by atoms with Gasteiger partial charge in [0.15, 0.2) is 9.84 Å². The van der Waals surface area contributed by atoms with E-state index < -0.39 is 15.7 Å². The van der Waals surface area contributed by atoms with Crippen molar-refractivity contribution >= 4 is 15.5 Å². The van der Waals surface area contributed by atoms with Crippen molar-refractivity contribution in [3.8, 4) is 0 Å². The zero-order valence-corrected chi connectivity index (χ0v) is 12.7. The second-order valence-electron chi connectivity index (χ2n) is 5.27. The van der Waals surface area contributed by atoms with Crippen molar-refractivity contribution in [2.24, 2.45) is 0 Å². The first-order valence-electron chi connectivity index (χ1n) is 6.88. The van der Waals surface area contributed by atoms with Crippen LogP contribution in [0.25, 0.3) is 0 Å². The minimum atomic E-state index is -3.31. The van der Waals surface area contributed by atoms with Crippen molar-refractivity contribution in [1.82, 2.24) is 4.90 Å². The molecule has 1 saturated heterocycles. The lowest BCUT2D eigenvalue weighted by atomic mass is 10.0. The summed E-state index contributed by atoms with van der Waals surface area (Å²) in [6.45, 7) is 5.14.